The minimum absolute atomic E-state index is 0.0538. The Bertz CT molecular complexity index is 1490. The standard InChI is InChI=1S/C31H40N4O8S/c1-20-9-15-23(16-10-20)44(41,42)35-18-6-8-26(35)28(37)33-24(29(38)39)19-21-11-13-22(14-12-21)32-27(36)25-7-5-17-34(25)30(40)43-31(2,3)4/h9-16,24-26H,5-8,17-19H2,1-4H3,(H,32,36)(H,33,37)(H,38,39)/t24-,25-,26-/m0/s1. The first-order valence-electron chi connectivity index (χ1n) is 14.7. The monoisotopic (exact) mass is 628 g/mol. The van der Waals surface area contributed by atoms with E-state index in [1.54, 1.807) is 57.2 Å². The summed E-state index contributed by atoms with van der Waals surface area (Å²) in [5.74, 6) is -2.27. The third-order valence-electron chi connectivity index (χ3n) is 7.59. The molecule has 12 nitrogen and oxygen atoms in total. The Morgan fingerprint density at radius 2 is 1.55 bits per heavy atom. The summed E-state index contributed by atoms with van der Waals surface area (Å²) < 4.78 is 33.1. The second-order valence-corrected chi connectivity index (χ2v) is 14.1. The van der Waals surface area contributed by atoms with Gasteiger partial charge >= 0.3 is 12.1 Å². The van der Waals surface area contributed by atoms with Gasteiger partial charge < -0.3 is 20.5 Å². The Morgan fingerprint density at radius 3 is 2.16 bits per heavy atom. The van der Waals surface area contributed by atoms with Gasteiger partial charge in [0.1, 0.15) is 23.7 Å². The minimum atomic E-state index is -3.94. The lowest BCUT2D eigenvalue weighted by Gasteiger charge is -2.28. The topological polar surface area (TPSA) is 162 Å². The van der Waals surface area contributed by atoms with Crippen LogP contribution in [0.15, 0.2) is 53.4 Å². The normalized spacial score (nSPS) is 19.8. The van der Waals surface area contributed by atoms with E-state index < -0.39 is 51.7 Å². The van der Waals surface area contributed by atoms with Crippen LogP contribution in [0.1, 0.15) is 57.6 Å². The Morgan fingerprint density at radius 1 is 0.932 bits per heavy atom. The number of carboxylic acids is 1. The summed E-state index contributed by atoms with van der Waals surface area (Å²) >= 11 is 0. The maximum Gasteiger partial charge on any atom is 0.410 e. The molecule has 2 aliphatic rings. The largest absolute Gasteiger partial charge is 0.480 e. The Hall–Kier alpha value is -3.97. The van der Waals surface area contributed by atoms with E-state index in [0.29, 0.717) is 37.1 Å². The van der Waals surface area contributed by atoms with E-state index in [4.69, 9.17) is 4.74 Å². The van der Waals surface area contributed by atoms with Crippen molar-refractivity contribution in [3.63, 3.8) is 0 Å². The number of likely N-dealkylation sites (tertiary alicyclic amines) is 1. The zero-order valence-electron chi connectivity index (χ0n) is 25.4. The molecule has 2 aromatic carbocycles. The number of nitrogens with zero attached hydrogens (tertiary/aromatic N) is 2. The highest BCUT2D eigenvalue weighted by Crippen LogP contribution is 2.27. The molecule has 2 aliphatic heterocycles. The second-order valence-electron chi connectivity index (χ2n) is 12.2. The summed E-state index contributed by atoms with van der Waals surface area (Å²) in [4.78, 5) is 52.3. The van der Waals surface area contributed by atoms with Crippen LogP contribution >= 0.6 is 0 Å². The van der Waals surface area contributed by atoms with Gasteiger partial charge in [0.15, 0.2) is 0 Å². The van der Waals surface area contributed by atoms with Crippen LogP contribution in [-0.4, -0.2) is 83.4 Å². The number of rotatable bonds is 9. The predicted molar refractivity (Wildman–Crippen MR) is 162 cm³/mol. The highest BCUT2D eigenvalue weighted by molar-refractivity contribution is 7.89. The van der Waals surface area contributed by atoms with E-state index >= 15 is 0 Å². The van der Waals surface area contributed by atoms with E-state index in [2.05, 4.69) is 10.6 Å². The number of anilines is 1. The van der Waals surface area contributed by atoms with Crippen molar-refractivity contribution < 1.29 is 37.4 Å². The summed E-state index contributed by atoms with van der Waals surface area (Å²) in [6, 6.07) is 9.89. The number of carbonyl (C=O) groups is 4. The first-order valence-corrected chi connectivity index (χ1v) is 16.1. The van der Waals surface area contributed by atoms with Crippen molar-refractivity contribution in [3.05, 3.63) is 59.7 Å². The maximum absolute atomic E-state index is 13.2. The molecule has 3 atom stereocenters. The number of carboxylic acid groups (broad SMARTS) is 1. The molecule has 2 saturated heterocycles. The van der Waals surface area contributed by atoms with Crippen LogP contribution in [-0.2, 0) is 35.6 Å². The molecule has 44 heavy (non-hydrogen) atoms. The Labute approximate surface area is 257 Å². The van der Waals surface area contributed by atoms with Crippen molar-refractivity contribution in [2.24, 2.45) is 0 Å². The van der Waals surface area contributed by atoms with Crippen LogP contribution in [0.4, 0.5) is 10.5 Å². The van der Waals surface area contributed by atoms with E-state index in [1.165, 1.54) is 17.0 Å². The molecule has 4 rings (SSSR count). The molecule has 0 bridgehead atoms. The number of hydrogen-bond acceptors (Lipinski definition) is 7. The fourth-order valence-electron chi connectivity index (χ4n) is 5.37. The van der Waals surface area contributed by atoms with E-state index in [9.17, 15) is 32.7 Å². The number of hydrogen-bond donors (Lipinski definition) is 3. The molecule has 2 heterocycles. The number of carbonyl (C=O) groups excluding carboxylic acids is 3. The molecule has 238 valence electrons. The molecule has 0 saturated carbocycles. The molecule has 13 heteroatoms. The quantitative estimate of drug-likeness (QED) is 0.381. The van der Waals surface area contributed by atoms with Crippen molar-refractivity contribution in [1.29, 1.82) is 0 Å². The summed E-state index contributed by atoms with van der Waals surface area (Å²) in [6.07, 6.45) is 1.35. The van der Waals surface area contributed by atoms with Crippen LogP contribution in [0.25, 0.3) is 0 Å². The number of nitrogens with one attached hydrogen (secondary N) is 2. The Kier molecular flexibility index (Phi) is 9.99. The van der Waals surface area contributed by atoms with E-state index in [0.717, 1.165) is 9.87 Å². The molecule has 0 radical (unpaired) electrons. The van der Waals surface area contributed by atoms with Crippen LogP contribution in [0, 0.1) is 6.92 Å². The summed E-state index contributed by atoms with van der Waals surface area (Å²) in [6.45, 7) is 7.71. The minimum Gasteiger partial charge on any atom is -0.480 e. The molecule has 0 aromatic heterocycles. The third kappa shape index (κ3) is 7.94. The molecule has 0 unspecified atom stereocenters. The van der Waals surface area contributed by atoms with Crippen LogP contribution in [0.2, 0.25) is 0 Å². The zero-order chi connectivity index (χ0) is 32.2. The zero-order valence-corrected chi connectivity index (χ0v) is 26.2. The molecular formula is C31H40N4O8S. The molecule has 2 fully saturated rings. The molecule has 0 spiro atoms. The molecule has 0 aliphatic carbocycles. The lowest BCUT2D eigenvalue weighted by atomic mass is 10.0. The predicted octanol–water partition coefficient (Wildman–Crippen LogP) is 3.30. The first kappa shape index (κ1) is 32.9. The van der Waals surface area contributed by atoms with Crippen molar-refractivity contribution in [2.75, 3.05) is 18.4 Å². The molecular weight excluding hydrogens is 588 g/mol. The van der Waals surface area contributed by atoms with Crippen LogP contribution in [0.5, 0.6) is 0 Å². The lowest BCUT2D eigenvalue weighted by molar-refractivity contribution is -0.142. The van der Waals surface area contributed by atoms with E-state index in [1.807, 2.05) is 6.92 Å². The molecule has 2 aromatic rings. The van der Waals surface area contributed by atoms with Gasteiger partial charge in [0.25, 0.3) is 0 Å². The van der Waals surface area contributed by atoms with Gasteiger partial charge in [0.2, 0.25) is 21.8 Å². The smallest absolute Gasteiger partial charge is 0.410 e. The average molecular weight is 629 g/mol. The summed E-state index contributed by atoms with van der Waals surface area (Å²) in [5, 5.41) is 15.2. The fraction of sp³-hybridized carbons (Fsp3) is 0.484. The maximum atomic E-state index is 13.2. The van der Waals surface area contributed by atoms with Gasteiger partial charge in [0, 0.05) is 25.2 Å². The van der Waals surface area contributed by atoms with E-state index in [-0.39, 0.29) is 30.2 Å². The molecule has 3 amide bonds. The third-order valence-corrected chi connectivity index (χ3v) is 9.52. The van der Waals surface area contributed by atoms with Gasteiger partial charge in [-0.25, -0.2) is 18.0 Å². The fourth-order valence-corrected chi connectivity index (χ4v) is 7.02. The number of benzene rings is 2. The highest BCUT2D eigenvalue weighted by atomic mass is 32.2. The highest BCUT2D eigenvalue weighted by Gasteiger charge is 2.41. The van der Waals surface area contributed by atoms with Crippen LogP contribution in [0.3, 0.4) is 0 Å². The van der Waals surface area contributed by atoms with Crippen molar-refractivity contribution in [2.45, 2.75) is 88.4 Å². The summed E-state index contributed by atoms with van der Waals surface area (Å²) in [5.41, 5.74) is 1.27. The number of aryl methyl sites for hydroxylation is 1. The first-order chi connectivity index (χ1) is 20.7. The van der Waals surface area contributed by atoms with Gasteiger partial charge in [0.05, 0.1) is 4.90 Å². The van der Waals surface area contributed by atoms with Crippen molar-refractivity contribution >= 4 is 39.6 Å². The van der Waals surface area contributed by atoms with Gasteiger partial charge in [-0.05, 0) is 83.2 Å². The summed E-state index contributed by atoms with van der Waals surface area (Å²) in [7, 11) is -3.94. The van der Waals surface area contributed by atoms with Crippen molar-refractivity contribution in [3.8, 4) is 0 Å². The molecule has 3 N–H and O–H groups in total. The van der Waals surface area contributed by atoms with Gasteiger partial charge in [-0.15, -0.1) is 0 Å². The second kappa shape index (κ2) is 13.3. The average Bonchev–Trinajstić information content (AvgIpc) is 3.64. The Balaban J connectivity index is 1.37. The van der Waals surface area contributed by atoms with Crippen molar-refractivity contribution in [1.82, 2.24) is 14.5 Å². The van der Waals surface area contributed by atoms with Gasteiger partial charge in [-0.1, -0.05) is 29.8 Å². The number of sulfonamides is 1. The van der Waals surface area contributed by atoms with Gasteiger partial charge in [-0.2, -0.15) is 4.31 Å². The van der Waals surface area contributed by atoms with Crippen LogP contribution < -0.4 is 10.6 Å². The SMILES string of the molecule is Cc1ccc(S(=O)(=O)N2CCC[C@H]2C(=O)N[C@@H](Cc2ccc(NC(=O)[C@@H]3CCCN3C(=O)OC(C)(C)C)cc2)C(=O)O)cc1. The number of aliphatic carboxylic acids is 1. The van der Waals surface area contributed by atoms with Gasteiger partial charge in [-0.3, -0.25) is 14.5 Å². The number of amides is 3. The lowest BCUT2D eigenvalue weighted by Crippen LogP contribution is -2.51. The number of ether oxygens (including phenoxy) is 1.